The molecule has 0 spiro atoms. The lowest BCUT2D eigenvalue weighted by Crippen LogP contribution is -2.02. The van der Waals surface area contributed by atoms with Gasteiger partial charge in [-0.25, -0.2) is 0 Å². The van der Waals surface area contributed by atoms with Gasteiger partial charge in [0.25, 0.3) is 0 Å². The van der Waals surface area contributed by atoms with Crippen molar-refractivity contribution in [3.8, 4) is 0 Å². The zero-order chi connectivity index (χ0) is 14.8. The minimum absolute atomic E-state index is 1.20. The average Bonchev–Trinajstić information content (AvgIpc) is 2.62. The molecule has 2 aromatic rings. The van der Waals surface area contributed by atoms with Gasteiger partial charge >= 0.3 is 0 Å². The van der Waals surface area contributed by atoms with Crippen LogP contribution in [0.5, 0.6) is 0 Å². The maximum atomic E-state index is 2.42. The molecule has 0 bridgehead atoms. The van der Waals surface area contributed by atoms with Crippen LogP contribution in [0.4, 0.5) is 0 Å². The molecular formula is C21H18S. The van der Waals surface area contributed by atoms with Gasteiger partial charge in [0.2, 0.25) is 0 Å². The van der Waals surface area contributed by atoms with E-state index in [0.29, 0.717) is 0 Å². The molecule has 0 amide bonds. The first kappa shape index (κ1) is 13.7. The minimum Gasteiger partial charge on any atom is -0.0895 e. The van der Waals surface area contributed by atoms with E-state index in [1.54, 1.807) is 0 Å². The molecule has 4 rings (SSSR count). The number of fused-ring (bicyclic) bond motifs is 1. The monoisotopic (exact) mass is 302 g/mol. The molecular weight excluding hydrogens is 284 g/mol. The van der Waals surface area contributed by atoms with Crippen LogP contribution in [0.1, 0.15) is 30.4 Å². The van der Waals surface area contributed by atoms with Gasteiger partial charge in [-0.3, -0.25) is 0 Å². The average molecular weight is 302 g/mol. The summed E-state index contributed by atoms with van der Waals surface area (Å²) >= 11 is 1.93. The zero-order valence-electron chi connectivity index (χ0n) is 12.5. The molecule has 2 aromatic carbocycles. The topological polar surface area (TPSA) is 0 Å². The lowest BCUT2D eigenvalue weighted by atomic mass is 9.91. The van der Waals surface area contributed by atoms with Crippen LogP contribution in [-0.2, 0) is 0 Å². The van der Waals surface area contributed by atoms with E-state index in [0.717, 1.165) is 0 Å². The van der Waals surface area contributed by atoms with Crippen molar-refractivity contribution in [2.45, 2.75) is 19.3 Å². The molecule has 0 saturated carbocycles. The van der Waals surface area contributed by atoms with E-state index < -0.39 is 0 Å². The summed E-state index contributed by atoms with van der Waals surface area (Å²) in [5.74, 6) is 0. The fraction of sp³-hybridized carbons (Fsp3) is 0.143. The summed E-state index contributed by atoms with van der Waals surface area (Å²) in [5.41, 5.74) is 5.58. The van der Waals surface area contributed by atoms with Crippen LogP contribution >= 0.6 is 11.8 Å². The van der Waals surface area contributed by atoms with Crippen molar-refractivity contribution in [3.05, 3.63) is 94.4 Å². The predicted octanol–water partition coefficient (Wildman–Crippen LogP) is 6.30. The fourth-order valence-electron chi connectivity index (χ4n) is 3.12. The normalized spacial score (nSPS) is 17.6. The van der Waals surface area contributed by atoms with E-state index in [4.69, 9.17) is 0 Å². The number of thioether (sulfide) groups is 1. The molecule has 108 valence electrons. The molecule has 0 unspecified atom stereocenters. The van der Waals surface area contributed by atoms with Gasteiger partial charge in [-0.15, -0.1) is 0 Å². The highest BCUT2D eigenvalue weighted by molar-refractivity contribution is 8.12. The van der Waals surface area contributed by atoms with E-state index >= 15 is 0 Å². The van der Waals surface area contributed by atoms with Gasteiger partial charge in [-0.1, -0.05) is 78.5 Å². The van der Waals surface area contributed by atoms with Gasteiger partial charge in [0.15, 0.2) is 0 Å². The Morgan fingerprint density at radius 1 is 0.727 bits per heavy atom. The van der Waals surface area contributed by atoms with Crippen molar-refractivity contribution < 1.29 is 0 Å². The Hall–Kier alpha value is -1.99. The van der Waals surface area contributed by atoms with Crippen molar-refractivity contribution in [1.29, 1.82) is 0 Å². The number of hydrogen-bond acceptors (Lipinski definition) is 1. The third-order valence-electron chi connectivity index (χ3n) is 4.22. The summed E-state index contributed by atoms with van der Waals surface area (Å²) in [6, 6.07) is 21.5. The Bertz CT molecular complexity index is 764. The summed E-state index contributed by atoms with van der Waals surface area (Å²) in [4.78, 5) is 2.82. The standard InChI is InChI=1S/C21H18S/c1-3-9-16(10-4-1)19-15-21(17-11-5-2-6-12-17)22-20-14-8-7-13-18(19)20/h1-6,9-12,14-15H,7-8,13H2. The SMILES string of the molecule is C1=C2SC(c3ccccc3)=CC(c3ccccc3)=C2CCC1. The lowest BCUT2D eigenvalue weighted by molar-refractivity contribution is 0.818. The summed E-state index contributed by atoms with van der Waals surface area (Å²) in [6.07, 6.45) is 8.47. The minimum atomic E-state index is 1.20. The molecule has 1 heteroatoms. The summed E-state index contributed by atoms with van der Waals surface area (Å²) in [5, 5.41) is 0. The van der Waals surface area contributed by atoms with Gasteiger partial charge in [-0.2, -0.15) is 0 Å². The molecule has 22 heavy (non-hydrogen) atoms. The number of hydrogen-bond donors (Lipinski definition) is 0. The number of allylic oxidation sites excluding steroid dienone is 4. The Morgan fingerprint density at radius 3 is 2.14 bits per heavy atom. The predicted molar refractivity (Wildman–Crippen MR) is 97.3 cm³/mol. The Labute approximate surface area is 136 Å². The first-order valence-corrected chi connectivity index (χ1v) is 8.67. The highest BCUT2D eigenvalue weighted by Crippen LogP contribution is 2.48. The van der Waals surface area contributed by atoms with Crippen molar-refractivity contribution >= 4 is 22.2 Å². The summed E-state index contributed by atoms with van der Waals surface area (Å²) in [6.45, 7) is 0. The number of benzene rings is 2. The highest BCUT2D eigenvalue weighted by Gasteiger charge is 2.22. The van der Waals surface area contributed by atoms with Crippen LogP contribution < -0.4 is 0 Å². The molecule has 0 radical (unpaired) electrons. The molecule has 2 aliphatic rings. The van der Waals surface area contributed by atoms with Gasteiger partial charge in [0.05, 0.1) is 0 Å². The molecule has 0 aromatic heterocycles. The van der Waals surface area contributed by atoms with Crippen LogP contribution in [0.3, 0.4) is 0 Å². The van der Waals surface area contributed by atoms with E-state index in [2.05, 4.69) is 72.8 Å². The van der Waals surface area contributed by atoms with Crippen molar-refractivity contribution in [1.82, 2.24) is 0 Å². The van der Waals surface area contributed by atoms with Crippen LogP contribution in [-0.4, -0.2) is 0 Å². The molecule has 1 heterocycles. The molecule has 0 N–H and O–H groups in total. The largest absolute Gasteiger partial charge is 0.0895 e. The Morgan fingerprint density at radius 2 is 1.41 bits per heavy atom. The molecule has 1 aliphatic heterocycles. The van der Waals surface area contributed by atoms with Gasteiger partial charge in [-0.05, 0) is 47.6 Å². The van der Waals surface area contributed by atoms with Crippen LogP contribution in [0.25, 0.3) is 10.5 Å². The second kappa shape index (κ2) is 6.02. The molecule has 0 saturated heterocycles. The first-order valence-electron chi connectivity index (χ1n) is 7.86. The smallest absolute Gasteiger partial charge is 0.0201 e. The van der Waals surface area contributed by atoms with Crippen LogP contribution in [0.15, 0.2) is 83.3 Å². The molecule has 1 aliphatic carbocycles. The van der Waals surface area contributed by atoms with Crippen molar-refractivity contribution in [2.24, 2.45) is 0 Å². The molecule has 0 fully saturated rings. The van der Waals surface area contributed by atoms with Gasteiger partial charge in [0.1, 0.15) is 0 Å². The Balaban J connectivity index is 1.87. The van der Waals surface area contributed by atoms with E-state index in [1.807, 2.05) is 11.8 Å². The van der Waals surface area contributed by atoms with E-state index in [-0.39, 0.29) is 0 Å². The second-order valence-electron chi connectivity index (χ2n) is 5.70. The second-order valence-corrected chi connectivity index (χ2v) is 6.78. The van der Waals surface area contributed by atoms with E-state index in [1.165, 1.54) is 51.3 Å². The maximum absolute atomic E-state index is 2.42. The van der Waals surface area contributed by atoms with Crippen LogP contribution in [0, 0.1) is 0 Å². The van der Waals surface area contributed by atoms with Crippen LogP contribution in [0.2, 0.25) is 0 Å². The fourth-order valence-corrected chi connectivity index (χ4v) is 4.32. The number of rotatable bonds is 2. The third-order valence-corrected chi connectivity index (χ3v) is 5.43. The Kier molecular flexibility index (Phi) is 3.74. The highest BCUT2D eigenvalue weighted by atomic mass is 32.2. The summed E-state index contributed by atoms with van der Waals surface area (Å²) < 4.78 is 0. The van der Waals surface area contributed by atoms with Crippen molar-refractivity contribution in [3.63, 3.8) is 0 Å². The molecule has 0 atom stereocenters. The maximum Gasteiger partial charge on any atom is 0.0201 e. The van der Waals surface area contributed by atoms with E-state index in [9.17, 15) is 0 Å². The van der Waals surface area contributed by atoms with Crippen molar-refractivity contribution in [2.75, 3.05) is 0 Å². The quantitative estimate of drug-likeness (QED) is 0.627. The van der Waals surface area contributed by atoms with Gasteiger partial charge < -0.3 is 0 Å². The summed E-state index contributed by atoms with van der Waals surface area (Å²) in [7, 11) is 0. The molecule has 0 nitrogen and oxygen atoms in total. The lowest BCUT2D eigenvalue weighted by Gasteiger charge is -2.26. The third kappa shape index (κ3) is 2.57. The zero-order valence-corrected chi connectivity index (χ0v) is 13.3. The van der Waals surface area contributed by atoms with Gasteiger partial charge in [0, 0.05) is 9.81 Å². The first-order chi connectivity index (χ1) is 10.9.